The first-order valence-corrected chi connectivity index (χ1v) is 6.54. The molecule has 1 aromatic carbocycles. The molecule has 1 unspecified atom stereocenters. The predicted octanol–water partition coefficient (Wildman–Crippen LogP) is 1.90. The molecule has 1 amide bonds. The summed E-state index contributed by atoms with van der Waals surface area (Å²) in [7, 11) is 1.52. The van der Waals surface area contributed by atoms with Gasteiger partial charge in [0.25, 0.3) is 5.91 Å². The summed E-state index contributed by atoms with van der Waals surface area (Å²) < 4.78 is 5.34. The summed E-state index contributed by atoms with van der Waals surface area (Å²) in [4.78, 5) is 14.5. The molecule has 0 radical (unpaired) electrons. The maximum Gasteiger partial charge on any atom is 0.256 e. The first-order chi connectivity index (χ1) is 8.97. The molecular weight excluding hydrogens is 260 g/mol. The van der Waals surface area contributed by atoms with E-state index in [0.717, 1.165) is 5.56 Å². The quantitative estimate of drug-likeness (QED) is 0.809. The van der Waals surface area contributed by atoms with E-state index < -0.39 is 6.10 Å². The van der Waals surface area contributed by atoms with E-state index in [1.54, 1.807) is 4.90 Å². The molecule has 19 heavy (non-hydrogen) atoms. The average molecular weight is 280 g/mol. The number of carbonyl (C=O) groups is 1. The lowest BCUT2D eigenvalue weighted by atomic mass is 10.1. The highest BCUT2D eigenvalue weighted by molar-refractivity contribution is 7.80. The van der Waals surface area contributed by atoms with E-state index in [4.69, 9.17) is 22.7 Å². The van der Waals surface area contributed by atoms with Crippen LogP contribution in [-0.4, -0.2) is 35.5 Å². The molecule has 1 aromatic rings. The van der Waals surface area contributed by atoms with Crippen molar-refractivity contribution >= 4 is 23.1 Å². The highest BCUT2D eigenvalue weighted by atomic mass is 32.1. The summed E-state index contributed by atoms with van der Waals surface area (Å²) in [5, 5.41) is 0. The van der Waals surface area contributed by atoms with Crippen molar-refractivity contribution in [3.8, 4) is 0 Å². The number of thiocarbonyl (C=S) groups is 1. The van der Waals surface area contributed by atoms with Gasteiger partial charge in [0.2, 0.25) is 0 Å². The molecule has 0 spiro atoms. The topological polar surface area (TPSA) is 55.6 Å². The van der Waals surface area contributed by atoms with Crippen molar-refractivity contribution < 1.29 is 9.53 Å². The smallest absolute Gasteiger partial charge is 0.256 e. The third kappa shape index (κ3) is 4.29. The minimum atomic E-state index is -0.627. The Kier molecular flexibility index (Phi) is 5.92. The van der Waals surface area contributed by atoms with Gasteiger partial charge < -0.3 is 15.4 Å². The van der Waals surface area contributed by atoms with Crippen molar-refractivity contribution in [3.63, 3.8) is 0 Å². The third-order valence-corrected chi connectivity index (χ3v) is 2.92. The van der Waals surface area contributed by atoms with Gasteiger partial charge in [-0.1, -0.05) is 42.5 Å². The fourth-order valence-electron chi connectivity index (χ4n) is 1.84. The van der Waals surface area contributed by atoms with Gasteiger partial charge >= 0.3 is 0 Å². The van der Waals surface area contributed by atoms with E-state index in [0.29, 0.717) is 4.99 Å². The number of methoxy groups -OCH3 is 1. The molecule has 0 aromatic heterocycles. The predicted molar refractivity (Wildman–Crippen MR) is 79.8 cm³/mol. The van der Waals surface area contributed by atoms with E-state index >= 15 is 0 Å². The summed E-state index contributed by atoms with van der Waals surface area (Å²) in [6.07, 6.45) is -0.627. The maximum atomic E-state index is 12.5. The molecule has 104 valence electrons. The molecule has 1 rings (SSSR count). The van der Waals surface area contributed by atoms with Crippen molar-refractivity contribution in [1.29, 1.82) is 0 Å². The van der Waals surface area contributed by atoms with Crippen LogP contribution in [0, 0.1) is 0 Å². The fourth-order valence-corrected chi connectivity index (χ4v) is 1.98. The van der Waals surface area contributed by atoms with Crippen molar-refractivity contribution in [1.82, 2.24) is 4.90 Å². The van der Waals surface area contributed by atoms with Crippen LogP contribution in [0.3, 0.4) is 0 Å². The second kappa shape index (κ2) is 7.21. The highest BCUT2D eigenvalue weighted by Crippen LogP contribution is 2.20. The third-order valence-electron chi connectivity index (χ3n) is 2.79. The Morgan fingerprint density at radius 1 is 1.37 bits per heavy atom. The number of ether oxygens (including phenoxy) is 1. The van der Waals surface area contributed by atoms with Gasteiger partial charge in [-0.3, -0.25) is 4.79 Å². The summed E-state index contributed by atoms with van der Waals surface area (Å²) in [5.41, 5.74) is 6.37. The Hall–Kier alpha value is -1.46. The van der Waals surface area contributed by atoms with Gasteiger partial charge in [0.05, 0.1) is 11.5 Å². The van der Waals surface area contributed by atoms with Crippen LogP contribution in [0.2, 0.25) is 0 Å². The van der Waals surface area contributed by atoms with Crippen LogP contribution in [-0.2, 0) is 9.53 Å². The van der Waals surface area contributed by atoms with Gasteiger partial charge in [-0.25, -0.2) is 0 Å². The summed E-state index contributed by atoms with van der Waals surface area (Å²) in [5.74, 6) is -0.128. The molecule has 1 atom stereocenters. The second-order valence-electron chi connectivity index (χ2n) is 4.55. The minimum absolute atomic E-state index is 0.00959. The van der Waals surface area contributed by atoms with Crippen molar-refractivity contribution in [3.05, 3.63) is 35.9 Å². The lowest BCUT2D eigenvalue weighted by Gasteiger charge is -2.29. The first-order valence-electron chi connectivity index (χ1n) is 6.14. The minimum Gasteiger partial charge on any atom is -0.392 e. The standard InChI is InChI=1S/C14H20N2O2S/c1-10(2)16(9-12(15)19)14(17)13(18-3)11-7-5-4-6-8-11/h4-8,10,13H,9H2,1-3H3,(H2,15,19). The molecule has 0 saturated heterocycles. The lowest BCUT2D eigenvalue weighted by Crippen LogP contribution is -2.44. The molecule has 0 heterocycles. The molecule has 0 aliphatic rings. The molecule has 5 heteroatoms. The van der Waals surface area contributed by atoms with Crippen LogP contribution >= 0.6 is 12.2 Å². The Labute approximate surface area is 119 Å². The summed E-state index contributed by atoms with van der Waals surface area (Å²) in [6.45, 7) is 4.11. The van der Waals surface area contributed by atoms with E-state index in [2.05, 4.69) is 0 Å². The molecule has 4 nitrogen and oxygen atoms in total. The number of carbonyl (C=O) groups excluding carboxylic acids is 1. The zero-order valence-electron chi connectivity index (χ0n) is 11.5. The second-order valence-corrected chi connectivity index (χ2v) is 5.08. The van der Waals surface area contributed by atoms with Gasteiger partial charge in [-0.05, 0) is 19.4 Å². The zero-order chi connectivity index (χ0) is 14.4. The molecule has 0 aliphatic heterocycles. The van der Waals surface area contributed by atoms with Gasteiger partial charge in [0.15, 0.2) is 6.10 Å². The number of rotatable bonds is 6. The molecule has 0 saturated carbocycles. The van der Waals surface area contributed by atoms with E-state index in [1.165, 1.54) is 7.11 Å². The van der Waals surface area contributed by atoms with Crippen LogP contribution in [0.25, 0.3) is 0 Å². The SMILES string of the molecule is COC(C(=O)N(CC(N)=S)C(C)C)c1ccccc1. The average Bonchev–Trinajstić information content (AvgIpc) is 2.37. The number of hydrogen-bond donors (Lipinski definition) is 1. The summed E-state index contributed by atoms with van der Waals surface area (Å²) in [6, 6.07) is 9.39. The molecule has 0 aliphatic carbocycles. The number of hydrogen-bond acceptors (Lipinski definition) is 3. The molecular formula is C14H20N2O2S. The number of nitrogens with two attached hydrogens (primary N) is 1. The van der Waals surface area contributed by atoms with Crippen molar-refractivity contribution in [2.45, 2.75) is 26.0 Å². The van der Waals surface area contributed by atoms with Crippen LogP contribution in [0.5, 0.6) is 0 Å². The normalized spacial score (nSPS) is 12.2. The Morgan fingerprint density at radius 2 is 1.95 bits per heavy atom. The Bertz CT molecular complexity index is 434. The van der Waals surface area contributed by atoms with Crippen LogP contribution in [0.15, 0.2) is 30.3 Å². The van der Waals surface area contributed by atoms with Gasteiger partial charge in [-0.15, -0.1) is 0 Å². The van der Waals surface area contributed by atoms with Gasteiger partial charge in [0.1, 0.15) is 0 Å². The number of benzene rings is 1. The highest BCUT2D eigenvalue weighted by Gasteiger charge is 2.27. The lowest BCUT2D eigenvalue weighted by molar-refractivity contribution is -0.143. The zero-order valence-corrected chi connectivity index (χ0v) is 12.3. The van der Waals surface area contributed by atoms with Crippen molar-refractivity contribution in [2.75, 3.05) is 13.7 Å². The van der Waals surface area contributed by atoms with E-state index in [-0.39, 0.29) is 18.5 Å². The van der Waals surface area contributed by atoms with Crippen LogP contribution in [0.4, 0.5) is 0 Å². The number of nitrogens with zero attached hydrogens (tertiary/aromatic N) is 1. The first kappa shape index (κ1) is 15.6. The van der Waals surface area contributed by atoms with Crippen LogP contribution < -0.4 is 5.73 Å². The molecule has 0 fully saturated rings. The maximum absolute atomic E-state index is 12.5. The Balaban J connectivity index is 2.96. The monoisotopic (exact) mass is 280 g/mol. The van der Waals surface area contributed by atoms with Crippen molar-refractivity contribution in [2.24, 2.45) is 5.73 Å². The van der Waals surface area contributed by atoms with E-state index in [1.807, 2.05) is 44.2 Å². The summed E-state index contributed by atoms with van der Waals surface area (Å²) >= 11 is 4.89. The largest absolute Gasteiger partial charge is 0.392 e. The molecule has 0 bridgehead atoms. The van der Waals surface area contributed by atoms with Gasteiger partial charge in [0, 0.05) is 13.2 Å². The van der Waals surface area contributed by atoms with E-state index in [9.17, 15) is 4.79 Å². The fraction of sp³-hybridized carbons (Fsp3) is 0.429. The number of amides is 1. The van der Waals surface area contributed by atoms with Gasteiger partial charge in [-0.2, -0.15) is 0 Å². The Morgan fingerprint density at radius 3 is 2.37 bits per heavy atom. The molecule has 2 N–H and O–H groups in total. The van der Waals surface area contributed by atoms with Crippen LogP contribution in [0.1, 0.15) is 25.5 Å².